The molecule has 0 aliphatic heterocycles. The van der Waals surface area contributed by atoms with Crippen LogP contribution < -0.4 is 0 Å². The van der Waals surface area contributed by atoms with E-state index in [1.54, 1.807) is 0 Å². The van der Waals surface area contributed by atoms with E-state index in [4.69, 9.17) is 0 Å². The highest BCUT2D eigenvalue weighted by Crippen LogP contribution is 2.43. The summed E-state index contributed by atoms with van der Waals surface area (Å²) in [7, 11) is 0.189. The van der Waals surface area contributed by atoms with Gasteiger partial charge in [-0.3, -0.25) is 0 Å². The fourth-order valence-corrected chi connectivity index (χ4v) is 2.46. The summed E-state index contributed by atoms with van der Waals surface area (Å²) in [5.41, 5.74) is 5.04. The standard InChI is InChI=1S/C13H11BO/c15-14-13-11-7-3-1-5-9(11)10-6-2-4-8-12(10)13/h1-8,13-15H. The number of benzene rings is 2. The summed E-state index contributed by atoms with van der Waals surface area (Å²) >= 11 is 0. The van der Waals surface area contributed by atoms with Crippen LogP contribution in [0.1, 0.15) is 16.9 Å². The van der Waals surface area contributed by atoms with E-state index >= 15 is 0 Å². The lowest BCUT2D eigenvalue weighted by Crippen LogP contribution is -2.05. The highest BCUT2D eigenvalue weighted by atomic mass is 16.2. The Balaban J connectivity index is 2.31. The zero-order chi connectivity index (χ0) is 10.3. The van der Waals surface area contributed by atoms with Gasteiger partial charge in [-0.15, -0.1) is 0 Å². The minimum absolute atomic E-state index is 0.164. The van der Waals surface area contributed by atoms with Gasteiger partial charge in [0.1, 0.15) is 0 Å². The monoisotopic (exact) mass is 194 g/mol. The predicted molar refractivity (Wildman–Crippen MR) is 63.1 cm³/mol. The molecule has 0 atom stereocenters. The zero-order valence-electron chi connectivity index (χ0n) is 8.35. The molecule has 0 saturated heterocycles. The van der Waals surface area contributed by atoms with E-state index in [1.807, 2.05) is 12.1 Å². The lowest BCUT2D eigenvalue weighted by atomic mass is 9.74. The molecule has 0 aromatic heterocycles. The Morgan fingerprint density at radius 2 is 1.27 bits per heavy atom. The summed E-state index contributed by atoms with van der Waals surface area (Å²) in [6.07, 6.45) is 0. The van der Waals surface area contributed by atoms with E-state index in [0.29, 0.717) is 0 Å². The van der Waals surface area contributed by atoms with Crippen molar-refractivity contribution in [2.45, 2.75) is 5.82 Å². The van der Waals surface area contributed by atoms with Crippen molar-refractivity contribution in [3.8, 4) is 11.1 Å². The predicted octanol–water partition coefficient (Wildman–Crippen LogP) is 2.10. The molecule has 0 radical (unpaired) electrons. The van der Waals surface area contributed by atoms with Gasteiger partial charge in [0.2, 0.25) is 0 Å². The van der Waals surface area contributed by atoms with Crippen LogP contribution in [-0.2, 0) is 0 Å². The molecule has 0 bridgehead atoms. The van der Waals surface area contributed by atoms with Crippen molar-refractivity contribution in [3.05, 3.63) is 59.7 Å². The van der Waals surface area contributed by atoms with Crippen LogP contribution in [0, 0.1) is 0 Å². The van der Waals surface area contributed by atoms with Gasteiger partial charge < -0.3 is 5.02 Å². The van der Waals surface area contributed by atoms with E-state index < -0.39 is 0 Å². The van der Waals surface area contributed by atoms with Crippen molar-refractivity contribution in [2.75, 3.05) is 0 Å². The molecule has 15 heavy (non-hydrogen) atoms. The van der Waals surface area contributed by atoms with E-state index in [-0.39, 0.29) is 13.3 Å². The van der Waals surface area contributed by atoms with Gasteiger partial charge in [0.15, 0.2) is 0 Å². The summed E-state index contributed by atoms with van der Waals surface area (Å²) < 4.78 is 0. The fraction of sp³-hybridized carbons (Fsp3) is 0.0769. The third-order valence-corrected chi connectivity index (χ3v) is 3.15. The van der Waals surface area contributed by atoms with E-state index in [0.717, 1.165) is 0 Å². The first kappa shape index (κ1) is 8.75. The van der Waals surface area contributed by atoms with Crippen LogP contribution in [0.3, 0.4) is 0 Å². The first-order valence-corrected chi connectivity index (χ1v) is 5.21. The smallest absolute Gasteiger partial charge is 0.282 e. The second-order valence-electron chi connectivity index (χ2n) is 3.91. The van der Waals surface area contributed by atoms with Crippen molar-refractivity contribution in [1.29, 1.82) is 0 Å². The maximum Gasteiger partial charge on any atom is 0.282 e. The van der Waals surface area contributed by atoms with Crippen molar-refractivity contribution in [2.24, 2.45) is 0 Å². The Morgan fingerprint density at radius 1 is 0.800 bits per heavy atom. The Bertz CT molecular complexity index is 462. The molecule has 0 amide bonds. The van der Waals surface area contributed by atoms with Gasteiger partial charge >= 0.3 is 0 Å². The Hall–Kier alpha value is -1.54. The molecule has 2 heteroatoms. The average molecular weight is 194 g/mol. The Morgan fingerprint density at radius 3 is 1.73 bits per heavy atom. The highest BCUT2D eigenvalue weighted by Gasteiger charge is 2.27. The lowest BCUT2D eigenvalue weighted by molar-refractivity contribution is 0.592. The van der Waals surface area contributed by atoms with E-state index in [9.17, 15) is 5.02 Å². The van der Waals surface area contributed by atoms with Gasteiger partial charge in [-0.05, 0) is 22.3 Å². The lowest BCUT2D eigenvalue weighted by Gasteiger charge is -2.07. The Kier molecular flexibility index (Phi) is 1.89. The van der Waals surface area contributed by atoms with Gasteiger partial charge in [0.25, 0.3) is 7.48 Å². The first-order chi connectivity index (χ1) is 7.42. The van der Waals surface area contributed by atoms with Crippen LogP contribution in [0.2, 0.25) is 0 Å². The molecule has 0 heterocycles. The topological polar surface area (TPSA) is 20.2 Å². The molecule has 3 rings (SSSR count). The third kappa shape index (κ3) is 1.15. The number of hydrogen-bond donors (Lipinski definition) is 1. The summed E-state index contributed by atoms with van der Waals surface area (Å²) in [6, 6.07) is 16.6. The van der Waals surface area contributed by atoms with Crippen LogP contribution in [0.4, 0.5) is 0 Å². The highest BCUT2D eigenvalue weighted by molar-refractivity contribution is 6.31. The van der Waals surface area contributed by atoms with Gasteiger partial charge in [0.05, 0.1) is 0 Å². The molecule has 2 aromatic carbocycles. The molecule has 2 aromatic rings. The van der Waals surface area contributed by atoms with Crippen molar-refractivity contribution in [1.82, 2.24) is 0 Å². The van der Waals surface area contributed by atoms with Gasteiger partial charge in [0, 0.05) is 5.82 Å². The quantitative estimate of drug-likeness (QED) is 0.689. The molecule has 1 aliphatic carbocycles. The van der Waals surface area contributed by atoms with Gasteiger partial charge in [-0.1, -0.05) is 48.5 Å². The number of fused-ring (bicyclic) bond motifs is 3. The molecule has 0 saturated carbocycles. The number of rotatable bonds is 1. The van der Waals surface area contributed by atoms with Crippen molar-refractivity contribution in [3.63, 3.8) is 0 Å². The molecule has 0 fully saturated rings. The van der Waals surface area contributed by atoms with E-state index in [1.165, 1.54) is 22.3 Å². The van der Waals surface area contributed by atoms with Crippen LogP contribution in [0.25, 0.3) is 11.1 Å². The fourth-order valence-electron chi connectivity index (χ4n) is 2.46. The van der Waals surface area contributed by atoms with Crippen molar-refractivity contribution < 1.29 is 5.02 Å². The molecular weight excluding hydrogens is 183 g/mol. The normalized spacial score (nSPS) is 13.4. The molecule has 1 N–H and O–H groups in total. The van der Waals surface area contributed by atoms with Crippen LogP contribution in [0.15, 0.2) is 48.5 Å². The summed E-state index contributed by atoms with van der Waals surface area (Å²) in [6.45, 7) is 0. The average Bonchev–Trinajstić information content (AvgIpc) is 2.63. The molecule has 0 spiro atoms. The second-order valence-corrected chi connectivity index (χ2v) is 3.91. The van der Waals surface area contributed by atoms with Gasteiger partial charge in [-0.25, -0.2) is 0 Å². The summed E-state index contributed by atoms with van der Waals surface area (Å²) in [5, 5.41) is 9.46. The molecular formula is C13H11BO. The SMILES string of the molecule is OBC1c2ccccc2-c2ccccc21. The summed E-state index contributed by atoms with van der Waals surface area (Å²) in [5.74, 6) is 0.164. The zero-order valence-corrected chi connectivity index (χ0v) is 8.35. The number of hydrogen-bond acceptors (Lipinski definition) is 1. The molecule has 0 unspecified atom stereocenters. The van der Waals surface area contributed by atoms with Gasteiger partial charge in [-0.2, -0.15) is 0 Å². The second kappa shape index (κ2) is 3.25. The molecule has 1 aliphatic rings. The largest absolute Gasteiger partial charge is 0.453 e. The first-order valence-electron chi connectivity index (χ1n) is 5.21. The summed E-state index contributed by atoms with van der Waals surface area (Å²) in [4.78, 5) is 0. The third-order valence-electron chi connectivity index (χ3n) is 3.15. The minimum atomic E-state index is 0.164. The molecule has 72 valence electrons. The maximum absolute atomic E-state index is 9.46. The van der Waals surface area contributed by atoms with Crippen molar-refractivity contribution >= 4 is 7.48 Å². The Labute approximate surface area is 89.7 Å². The molecule has 1 nitrogen and oxygen atoms in total. The minimum Gasteiger partial charge on any atom is -0.453 e. The van der Waals surface area contributed by atoms with E-state index in [2.05, 4.69) is 36.4 Å². The van der Waals surface area contributed by atoms with Crippen LogP contribution >= 0.6 is 0 Å². The van der Waals surface area contributed by atoms with Crippen LogP contribution in [0.5, 0.6) is 0 Å². The van der Waals surface area contributed by atoms with Crippen LogP contribution in [-0.4, -0.2) is 12.5 Å². The maximum atomic E-state index is 9.46.